The second-order valence-electron chi connectivity index (χ2n) is 5.52. The van der Waals surface area contributed by atoms with Gasteiger partial charge in [0, 0.05) is 0 Å². The van der Waals surface area contributed by atoms with Crippen LogP contribution in [0.1, 0.15) is 25.2 Å². The molecule has 1 aromatic heterocycles. The number of nitrogens with one attached hydrogen (secondary N) is 1. The molecule has 0 saturated heterocycles. The predicted molar refractivity (Wildman–Crippen MR) is 88.7 cm³/mol. The number of nitrogens with zero attached hydrogens (tertiary/aromatic N) is 3. The summed E-state index contributed by atoms with van der Waals surface area (Å²) in [6.07, 6.45) is -3.44. The highest BCUT2D eigenvalue weighted by atomic mass is 32.1. The average molecular weight is 374 g/mol. The number of halogens is 3. The van der Waals surface area contributed by atoms with Gasteiger partial charge in [-0.3, -0.25) is 0 Å². The topological polar surface area (TPSA) is 64.4 Å². The van der Waals surface area contributed by atoms with Crippen molar-refractivity contribution in [3.8, 4) is 11.5 Å². The number of alkyl halides is 3. The van der Waals surface area contributed by atoms with Crippen LogP contribution < -0.4 is 9.47 Å². The van der Waals surface area contributed by atoms with Gasteiger partial charge in [0.05, 0.1) is 19.9 Å². The molecule has 0 saturated carbocycles. The lowest BCUT2D eigenvalue weighted by molar-refractivity contribution is -0.147. The van der Waals surface area contributed by atoms with Gasteiger partial charge in [0.2, 0.25) is 4.77 Å². The fourth-order valence-electron chi connectivity index (χ4n) is 1.85. The molecular weight excluding hydrogens is 357 g/mol. The molecule has 0 unspecified atom stereocenters. The molecule has 0 spiro atoms. The van der Waals surface area contributed by atoms with E-state index in [2.05, 4.69) is 15.3 Å². The Morgan fingerprint density at radius 2 is 2.08 bits per heavy atom. The van der Waals surface area contributed by atoms with Gasteiger partial charge in [0.25, 0.3) is 5.82 Å². The van der Waals surface area contributed by atoms with Crippen LogP contribution >= 0.6 is 12.2 Å². The van der Waals surface area contributed by atoms with Crippen molar-refractivity contribution in [1.29, 1.82) is 0 Å². The van der Waals surface area contributed by atoms with Gasteiger partial charge in [-0.2, -0.15) is 22.9 Å². The number of H-pyrrole nitrogens is 1. The van der Waals surface area contributed by atoms with Crippen LogP contribution in [0.2, 0.25) is 0 Å². The third-order valence-corrected chi connectivity index (χ3v) is 3.25. The second kappa shape index (κ2) is 7.68. The molecule has 0 amide bonds. The summed E-state index contributed by atoms with van der Waals surface area (Å²) in [6.45, 7) is 4.55. The zero-order valence-electron chi connectivity index (χ0n) is 13.8. The molecule has 0 aliphatic carbocycles. The monoisotopic (exact) mass is 374 g/mol. The summed E-state index contributed by atoms with van der Waals surface area (Å²) in [7, 11) is 1.48. The summed E-state index contributed by atoms with van der Waals surface area (Å²) in [5.41, 5.74) is 0.518. The van der Waals surface area contributed by atoms with Crippen molar-refractivity contribution in [3.63, 3.8) is 0 Å². The quantitative estimate of drug-likeness (QED) is 0.616. The summed E-state index contributed by atoms with van der Waals surface area (Å²) in [4.78, 5) is 0. The van der Waals surface area contributed by atoms with Crippen molar-refractivity contribution in [2.24, 2.45) is 11.0 Å². The first kappa shape index (κ1) is 19.0. The minimum Gasteiger partial charge on any atom is -0.493 e. The highest BCUT2D eigenvalue weighted by molar-refractivity contribution is 7.71. The summed E-state index contributed by atoms with van der Waals surface area (Å²) in [6, 6.07) is 4.93. The third kappa shape index (κ3) is 4.81. The lowest BCUT2D eigenvalue weighted by atomic mass is 10.2. The number of hydrogen-bond donors (Lipinski definition) is 1. The van der Waals surface area contributed by atoms with Crippen molar-refractivity contribution in [2.45, 2.75) is 20.0 Å². The van der Waals surface area contributed by atoms with Crippen LogP contribution in [0.4, 0.5) is 13.2 Å². The van der Waals surface area contributed by atoms with Gasteiger partial charge in [0.1, 0.15) is 0 Å². The molecule has 25 heavy (non-hydrogen) atoms. The number of aromatic nitrogens is 3. The van der Waals surface area contributed by atoms with Crippen LogP contribution in [0.25, 0.3) is 0 Å². The van der Waals surface area contributed by atoms with E-state index in [1.807, 2.05) is 13.8 Å². The molecule has 0 bridgehead atoms. The minimum atomic E-state index is -4.67. The van der Waals surface area contributed by atoms with Crippen LogP contribution in [0.15, 0.2) is 23.3 Å². The van der Waals surface area contributed by atoms with Crippen molar-refractivity contribution in [3.05, 3.63) is 34.4 Å². The van der Waals surface area contributed by atoms with E-state index in [0.29, 0.717) is 34.3 Å². The molecular formula is C15H17F3N4O2S. The van der Waals surface area contributed by atoms with Crippen LogP contribution in [0, 0.1) is 10.7 Å². The summed E-state index contributed by atoms with van der Waals surface area (Å²) >= 11 is 4.77. The van der Waals surface area contributed by atoms with Gasteiger partial charge in [-0.1, -0.05) is 13.8 Å². The van der Waals surface area contributed by atoms with E-state index >= 15 is 0 Å². The molecule has 0 atom stereocenters. The maximum atomic E-state index is 12.8. The Labute approximate surface area is 147 Å². The van der Waals surface area contributed by atoms with E-state index in [1.54, 1.807) is 18.2 Å². The molecule has 1 aromatic carbocycles. The van der Waals surface area contributed by atoms with Gasteiger partial charge < -0.3 is 9.47 Å². The lowest BCUT2D eigenvalue weighted by Crippen LogP contribution is -2.12. The van der Waals surface area contributed by atoms with Crippen LogP contribution in [-0.4, -0.2) is 34.8 Å². The van der Waals surface area contributed by atoms with Crippen molar-refractivity contribution < 1.29 is 22.6 Å². The Bertz CT molecular complexity index is 812. The summed E-state index contributed by atoms with van der Waals surface area (Å²) < 4.78 is 49.7. The van der Waals surface area contributed by atoms with Crippen molar-refractivity contribution in [2.75, 3.05) is 13.7 Å². The molecule has 1 heterocycles. The maximum absolute atomic E-state index is 12.8. The van der Waals surface area contributed by atoms with E-state index in [-0.39, 0.29) is 4.77 Å². The molecule has 136 valence electrons. The van der Waals surface area contributed by atoms with Gasteiger partial charge in [-0.25, -0.2) is 5.10 Å². The Morgan fingerprint density at radius 3 is 2.68 bits per heavy atom. The number of hydrogen-bond acceptors (Lipinski definition) is 5. The normalized spacial score (nSPS) is 12.1. The number of ether oxygens (including phenoxy) is 2. The number of benzene rings is 1. The van der Waals surface area contributed by atoms with Gasteiger partial charge in [-0.15, -0.1) is 5.10 Å². The van der Waals surface area contributed by atoms with E-state index in [4.69, 9.17) is 21.7 Å². The number of methoxy groups -OCH3 is 1. The van der Waals surface area contributed by atoms with Gasteiger partial charge in [0.15, 0.2) is 11.5 Å². The molecule has 2 aromatic rings. The Balaban J connectivity index is 2.28. The largest absolute Gasteiger partial charge is 0.493 e. The first-order valence-corrected chi connectivity index (χ1v) is 7.73. The fourth-order valence-corrected chi connectivity index (χ4v) is 2.03. The van der Waals surface area contributed by atoms with Gasteiger partial charge in [-0.05, 0) is 41.9 Å². The standard InChI is InChI=1S/C15H17F3N4O2S/c1-9(2)8-24-11-5-4-10(6-12(11)23-3)7-19-22-13(15(16,17)18)20-21-14(22)25/h4-7,9H,8H2,1-3H3,(H,21,25)/b19-7-. The molecule has 0 aliphatic rings. The Hall–Kier alpha value is -2.36. The molecule has 0 radical (unpaired) electrons. The first-order chi connectivity index (χ1) is 11.7. The van der Waals surface area contributed by atoms with E-state index in [9.17, 15) is 13.2 Å². The molecule has 1 N–H and O–H groups in total. The highest BCUT2D eigenvalue weighted by Crippen LogP contribution is 2.29. The highest BCUT2D eigenvalue weighted by Gasteiger charge is 2.37. The molecule has 2 rings (SSSR count). The molecule has 0 aliphatic heterocycles. The maximum Gasteiger partial charge on any atom is 0.453 e. The number of rotatable bonds is 6. The zero-order chi connectivity index (χ0) is 18.6. The Morgan fingerprint density at radius 1 is 1.36 bits per heavy atom. The SMILES string of the molecule is COc1cc(/C=N\n2c(C(F)(F)F)n[nH]c2=S)ccc1OCC(C)C. The zero-order valence-corrected chi connectivity index (χ0v) is 14.6. The molecule has 0 fully saturated rings. The van der Waals surface area contributed by atoms with Crippen LogP contribution in [0.5, 0.6) is 11.5 Å². The molecule has 10 heteroatoms. The lowest BCUT2D eigenvalue weighted by Gasteiger charge is -2.12. The Kier molecular flexibility index (Phi) is 5.83. The van der Waals surface area contributed by atoms with Crippen molar-refractivity contribution >= 4 is 18.4 Å². The summed E-state index contributed by atoms with van der Waals surface area (Å²) in [5.74, 6) is 0.119. The van der Waals surface area contributed by atoms with E-state index in [1.165, 1.54) is 13.3 Å². The third-order valence-electron chi connectivity index (χ3n) is 2.99. The fraction of sp³-hybridized carbons (Fsp3) is 0.400. The van der Waals surface area contributed by atoms with Crippen LogP contribution in [0.3, 0.4) is 0 Å². The predicted octanol–water partition coefficient (Wildman–Crippen LogP) is 3.89. The average Bonchev–Trinajstić information content (AvgIpc) is 2.92. The number of aromatic amines is 1. The first-order valence-electron chi connectivity index (χ1n) is 7.32. The summed E-state index contributed by atoms with van der Waals surface area (Å²) in [5, 5.41) is 8.99. The van der Waals surface area contributed by atoms with Crippen LogP contribution in [-0.2, 0) is 6.18 Å². The van der Waals surface area contributed by atoms with Crippen molar-refractivity contribution in [1.82, 2.24) is 14.9 Å². The minimum absolute atomic E-state index is 0.257. The van der Waals surface area contributed by atoms with Gasteiger partial charge >= 0.3 is 6.18 Å². The second-order valence-corrected chi connectivity index (χ2v) is 5.91. The van der Waals surface area contributed by atoms with E-state index < -0.39 is 12.0 Å². The smallest absolute Gasteiger partial charge is 0.453 e. The molecule has 6 nitrogen and oxygen atoms in total. The van der Waals surface area contributed by atoms with E-state index in [0.717, 1.165) is 0 Å².